The molecule has 0 aliphatic heterocycles. The fraction of sp³-hybridized carbons (Fsp3) is 0.0909. The summed E-state index contributed by atoms with van der Waals surface area (Å²) in [6.07, 6.45) is 0. The standard InChI is InChI=1S/C22H20BrN3O4S/c1-15-5-11-20(12-6-15)31(29,30)26(19-4-2-3-17(23)13-19)14-21(27)25-18-9-7-16(8-10-18)22(24)28/h2-13H,14H2,1H3,(H2,24,28)(H,25,27). The van der Waals surface area contributed by atoms with E-state index in [0.29, 0.717) is 21.4 Å². The number of aryl methyl sites for hydroxylation is 1. The molecule has 3 N–H and O–H groups in total. The molecule has 9 heteroatoms. The lowest BCUT2D eigenvalue weighted by atomic mass is 10.2. The topological polar surface area (TPSA) is 110 Å². The van der Waals surface area contributed by atoms with Crippen molar-refractivity contribution >= 4 is 49.1 Å². The summed E-state index contributed by atoms with van der Waals surface area (Å²) >= 11 is 3.34. The van der Waals surface area contributed by atoms with Gasteiger partial charge in [0.15, 0.2) is 0 Å². The van der Waals surface area contributed by atoms with Crippen molar-refractivity contribution in [2.75, 3.05) is 16.2 Å². The van der Waals surface area contributed by atoms with Crippen LogP contribution in [0.15, 0.2) is 82.2 Å². The van der Waals surface area contributed by atoms with E-state index >= 15 is 0 Å². The summed E-state index contributed by atoms with van der Waals surface area (Å²) in [6, 6.07) is 19.1. The summed E-state index contributed by atoms with van der Waals surface area (Å²) < 4.78 is 28.4. The Morgan fingerprint density at radius 3 is 2.23 bits per heavy atom. The van der Waals surface area contributed by atoms with Gasteiger partial charge >= 0.3 is 0 Å². The normalized spacial score (nSPS) is 11.0. The van der Waals surface area contributed by atoms with Crippen LogP contribution in [-0.2, 0) is 14.8 Å². The molecular weight excluding hydrogens is 482 g/mol. The molecule has 0 saturated heterocycles. The van der Waals surface area contributed by atoms with E-state index in [0.717, 1.165) is 9.87 Å². The van der Waals surface area contributed by atoms with E-state index in [2.05, 4.69) is 21.2 Å². The Kier molecular flexibility index (Phi) is 6.77. The molecular formula is C22H20BrN3O4S. The second kappa shape index (κ2) is 9.32. The minimum atomic E-state index is -4.00. The largest absolute Gasteiger partial charge is 0.366 e. The third-order valence-electron chi connectivity index (χ3n) is 4.45. The number of carbonyl (C=O) groups excluding carboxylic acids is 2. The molecule has 31 heavy (non-hydrogen) atoms. The number of hydrogen-bond donors (Lipinski definition) is 2. The number of benzene rings is 3. The molecule has 3 aromatic carbocycles. The van der Waals surface area contributed by atoms with E-state index in [1.54, 1.807) is 36.4 Å². The highest BCUT2D eigenvalue weighted by Crippen LogP contribution is 2.26. The highest BCUT2D eigenvalue weighted by Gasteiger charge is 2.27. The molecule has 0 aliphatic rings. The van der Waals surface area contributed by atoms with E-state index in [1.807, 2.05) is 6.92 Å². The quantitative estimate of drug-likeness (QED) is 0.514. The summed E-state index contributed by atoms with van der Waals surface area (Å²) in [5, 5.41) is 2.65. The summed E-state index contributed by atoms with van der Waals surface area (Å²) in [7, 11) is -4.00. The monoisotopic (exact) mass is 501 g/mol. The number of nitrogens with zero attached hydrogens (tertiary/aromatic N) is 1. The SMILES string of the molecule is Cc1ccc(S(=O)(=O)N(CC(=O)Nc2ccc(C(N)=O)cc2)c2cccc(Br)c2)cc1. The average Bonchev–Trinajstić information content (AvgIpc) is 2.72. The molecule has 0 bridgehead atoms. The highest BCUT2D eigenvalue weighted by atomic mass is 79.9. The smallest absolute Gasteiger partial charge is 0.264 e. The van der Waals surface area contributed by atoms with Gasteiger partial charge in [0.05, 0.1) is 10.6 Å². The van der Waals surface area contributed by atoms with Gasteiger partial charge in [-0.3, -0.25) is 13.9 Å². The second-order valence-electron chi connectivity index (χ2n) is 6.79. The van der Waals surface area contributed by atoms with Crippen LogP contribution in [0.4, 0.5) is 11.4 Å². The molecule has 0 atom stereocenters. The Morgan fingerprint density at radius 1 is 1.00 bits per heavy atom. The molecule has 0 aromatic heterocycles. The number of primary amides is 1. The molecule has 3 rings (SSSR count). The molecule has 0 saturated carbocycles. The van der Waals surface area contributed by atoms with Crippen molar-refractivity contribution in [2.45, 2.75) is 11.8 Å². The maximum atomic E-state index is 13.3. The summed E-state index contributed by atoms with van der Waals surface area (Å²) in [5.41, 5.74) is 7.20. The van der Waals surface area contributed by atoms with Crippen LogP contribution in [0.2, 0.25) is 0 Å². The summed E-state index contributed by atoms with van der Waals surface area (Å²) in [6.45, 7) is 1.42. The van der Waals surface area contributed by atoms with E-state index in [9.17, 15) is 18.0 Å². The van der Waals surface area contributed by atoms with Crippen LogP contribution in [-0.4, -0.2) is 26.8 Å². The van der Waals surface area contributed by atoms with E-state index < -0.39 is 28.4 Å². The number of sulfonamides is 1. The van der Waals surface area contributed by atoms with Gasteiger partial charge in [0.2, 0.25) is 11.8 Å². The molecule has 0 aliphatic carbocycles. The van der Waals surface area contributed by atoms with Gasteiger partial charge in [-0.25, -0.2) is 8.42 Å². The number of nitrogens with one attached hydrogen (secondary N) is 1. The van der Waals surface area contributed by atoms with Crippen LogP contribution in [0, 0.1) is 6.92 Å². The Morgan fingerprint density at radius 2 is 1.65 bits per heavy atom. The van der Waals surface area contributed by atoms with Gasteiger partial charge in [0, 0.05) is 15.7 Å². The Bertz CT molecular complexity index is 1210. The van der Waals surface area contributed by atoms with E-state index in [-0.39, 0.29) is 4.90 Å². The maximum absolute atomic E-state index is 13.3. The fourth-order valence-electron chi connectivity index (χ4n) is 2.83. The molecule has 3 aromatic rings. The van der Waals surface area contributed by atoms with Gasteiger partial charge in [-0.1, -0.05) is 39.7 Å². The number of carbonyl (C=O) groups is 2. The molecule has 0 radical (unpaired) electrons. The first kappa shape index (κ1) is 22.5. The molecule has 0 unspecified atom stereocenters. The number of nitrogens with two attached hydrogens (primary N) is 1. The lowest BCUT2D eigenvalue weighted by Crippen LogP contribution is -2.38. The zero-order chi connectivity index (χ0) is 22.6. The Hall–Kier alpha value is -3.17. The van der Waals surface area contributed by atoms with Crippen LogP contribution in [0.5, 0.6) is 0 Å². The van der Waals surface area contributed by atoms with Crippen molar-refractivity contribution in [2.24, 2.45) is 5.73 Å². The van der Waals surface area contributed by atoms with Crippen molar-refractivity contribution < 1.29 is 18.0 Å². The molecule has 7 nitrogen and oxygen atoms in total. The first-order valence-corrected chi connectivity index (χ1v) is 11.4. The second-order valence-corrected chi connectivity index (χ2v) is 9.57. The van der Waals surface area contributed by atoms with Gasteiger partial charge < -0.3 is 11.1 Å². The summed E-state index contributed by atoms with van der Waals surface area (Å²) in [5.74, 6) is -1.12. The predicted octanol–water partition coefficient (Wildman–Crippen LogP) is 3.69. The lowest BCUT2D eigenvalue weighted by Gasteiger charge is -2.24. The van der Waals surface area contributed by atoms with Crippen molar-refractivity contribution in [1.29, 1.82) is 0 Å². The first-order valence-electron chi connectivity index (χ1n) is 9.21. The Labute approximate surface area is 189 Å². The van der Waals surface area contributed by atoms with Crippen molar-refractivity contribution in [3.63, 3.8) is 0 Å². The van der Waals surface area contributed by atoms with Crippen LogP contribution >= 0.6 is 15.9 Å². The first-order chi connectivity index (χ1) is 14.7. The number of amides is 2. The fourth-order valence-corrected chi connectivity index (χ4v) is 4.63. The van der Waals surface area contributed by atoms with Crippen LogP contribution in [0.3, 0.4) is 0 Å². The van der Waals surface area contributed by atoms with Crippen LogP contribution < -0.4 is 15.4 Å². The third kappa shape index (κ3) is 5.50. The third-order valence-corrected chi connectivity index (χ3v) is 6.73. The lowest BCUT2D eigenvalue weighted by molar-refractivity contribution is -0.114. The molecule has 0 spiro atoms. The number of rotatable bonds is 7. The molecule has 2 amide bonds. The van der Waals surface area contributed by atoms with Gasteiger partial charge in [-0.2, -0.15) is 0 Å². The average molecular weight is 502 g/mol. The zero-order valence-electron chi connectivity index (χ0n) is 16.6. The molecule has 0 fully saturated rings. The highest BCUT2D eigenvalue weighted by molar-refractivity contribution is 9.10. The van der Waals surface area contributed by atoms with Gasteiger partial charge in [-0.15, -0.1) is 0 Å². The van der Waals surface area contributed by atoms with Crippen LogP contribution in [0.25, 0.3) is 0 Å². The van der Waals surface area contributed by atoms with Gasteiger partial charge in [0.1, 0.15) is 6.54 Å². The van der Waals surface area contributed by atoms with Crippen molar-refractivity contribution in [3.8, 4) is 0 Å². The zero-order valence-corrected chi connectivity index (χ0v) is 19.0. The van der Waals surface area contributed by atoms with Crippen molar-refractivity contribution in [1.82, 2.24) is 0 Å². The minimum absolute atomic E-state index is 0.0803. The number of halogens is 1. The van der Waals surface area contributed by atoms with Crippen LogP contribution in [0.1, 0.15) is 15.9 Å². The van der Waals surface area contributed by atoms with Gasteiger partial charge in [0.25, 0.3) is 10.0 Å². The summed E-state index contributed by atoms with van der Waals surface area (Å²) in [4.78, 5) is 24.0. The number of anilines is 2. The van der Waals surface area contributed by atoms with E-state index in [4.69, 9.17) is 5.73 Å². The molecule has 0 heterocycles. The predicted molar refractivity (Wildman–Crippen MR) is 123 cm³/mol. The maximum Gasteiger partial charge on any atom is 0.264 e. The number of hydrogen-bond acceptors (Lipinski definition) is 4. The molecule has 160 valence electrons. The van der Waals surface area contributed by atoms with Crippen molar-refractivity contribution in [3.05, 3.63) is 88.4 Å². The minimum Gasteiger partial charge on any atom is -0.366 e. The Balaban J connectivity index is 1.90. The van der Waals surface area contributed by atoms with Gasteiger partial charge in [-0.05, 0) is 61.5 Å². The van der Waals surface area contributed by atoms with E-state index in [1.165, 1.54) is 36.4 Å².